The van der Waals surface area contributed by atoms with Crippen LogP contribution in [0.5, 0.6) is 0 Å². The summed E-state index contributed by atoms with van der Waals surface area (Å²) in [5, 5.41) is 0. The highest BCUT2D eigenvalue weighted by Gasteiger charge is 2.50. The van der Waals surface area contributed by atoms with E-state index in [1.807, 2.05) is 0 Å². The topological polar surface area (TPSA) is 63.2 Å². The first-order chi connectivity index (χ1) is 13.6. The first-order valence-corrected chi connectivity index (χ1v) is 11.3. The molecule has 4 fully saturated rings. The van der Waals surface area contributed by atoms with Crippen LogP contribution in [0, 0.1) is 17.8 Å². The molecule has 0 N–H and O–H groups in total. The number of carbonyl (C=O) groups excluding carboxylic acids is 1. The fraction of sp³-hybridized carbons (Fsp3) is 0.955. The van der Waals surface area contributed by atoms with Crippen molar-refractivity contribution in [2.75, 3.05) is 20.0 Å². The molecule has 2 saturated carbocycles. The molecule has 2 aliphatic carbocycles. The minimum absolute atomic E-state index is 0.0373. The Balaban J connectivity index is 1.18. The average molecular weight is 397 g/mol. The molecule has 0 spiro atoms. The molecular formula is C22H36O6. The second kappa shape index (κ2) is 9.41. The van der Waals surface area contributed by atoms with Crippen LogP contribution in [0.4, 0.5) is 0 Å². The molecule has 0 bridgehead atoms. The highest BCUT2D eigenvalue weighted by atomic mass is 16.7. The molecule has 6 nitrogen and oxygen atoms in total. The Morgan fingerprint density at radius 1 is 0.786 bits per heavy atom. The van der Waals surface area contributed by atoms with Gasteiger partial charge in [-0.25, -0.2) is 0 Å². The molecule has 2 heterocycles. The maximum absolute atomic E-state index is 12.5. The quantitative estimate of drug-likeness (QED) is 0.506. The molecule has 0 unspecified atom stereocenters. The monoisotopic (exact) mass is 396 g/mol. The van der Waals surface area contributed by atoms with Crippen LogP contribution in [0.25, 0.3) is 0 Å². The minimum atomic E-state index is -0.314. The van der Waals surface area contributed by atoms with Crippen molar-refractivity contribution in [2.24, 2.45) is 17.8 Å². The van der Waals surface area contributed by atoms with Gasteiger partial charge in [-0.1, -0.05) is 13.8 Å². The Morgan fingerprint density at radius 2 is 1.36 bits per heavy atom. The normalized spacial score (nSPS) is 43.6. The minimum Gasteiger partial charge on any atom is -0.457 e. The van der Waals surface area contributed by atoms with Gasteiger partial charge in [0.05, 0.1) is 25.2 Å². The summed E-state index contributed by atoms with van der Waals surface area (Å²) < 4.78 is 29.4. The molecule has 0 aromatic heterocycles. The van der Waals surface area contributed by atoms with Gasteiger partial charge in [0.15, 0.2) is 6.10 Å². The van der Waals surface area contributed by atoms with Gasteiger partial charge in [-0.05, 0) is 63.2 Å². The fourth-order valence-corrected chi connectivity index (χ4v) is 5.03. The van der Waals surface area contributed by atoms with Crippen molar-refractivity contribution in [1.82, 2.24) is 0 Å². The lowest BCUT2D eigenvalue weighted by atomic mass is 9.83. The van der Waals surface area contributed by atoms with E-state index in [1.165, 1.54) is 12.8 Å². The lowest BCUT2D eigenvalue weighted by molar-refractivity contribution is -0.161. The molecule has 4 atom stereocenters. The average Bonchev–Trinajstić information content (AvgIpc) is 3.27. The van der Waals surface area contributed by atoms with E-state index in [9.17, 15) is 4.79 Å². The Labute approximate surface area is 168 Å². The SMILES string of the molecule is CC1CCC(OCO[C@H]2CO[C@H]3[C@@H]2OC[C@H]3OC(=O)C2CCC(C)CC2)CC1. The predicted octanol–water partition coefficient (Wildman–Crippen LogP) is 3.46. The van der Waals surface area contributed by atoms with Gasteiger partial charge in [-0.2, -0.15) is 0 Å². The number of esters is 1. The van der Waals surface area contributed by atoms with E-state index in [0.717, 1.165) is 50.4 Å². The van der Waals surface area contributed by atoms with Crippen molar-refractivity contribution in [1.29, 1.82) is 0 Å². The third-order valence-corrected chi connectivity index (χ3v) is 7.13. The van der Waals surface area contributed by atoms with Gasteiger partial charge in [0.2, 0.25) is 0 Å². The van der Waals surface area contributed by atoms with Gasteiger partial charge in [0.25, 0.3) is 0 Å². The summed E-state index contributed by atoms with van der Waals surface area (Å²) in [5.74, 6) is 1.49. The molecule has 4 rings (SSSR count). The summed E-state index contributed by atoms with van der Waals surface area (Å²) in [6.07, 6.45) is 8.26. The second-order valence-electron chi connectivity index (χ2n) is 9.40. The van der Waals surface area contributed by atoms with Crippen LogP contribution >= 0.6 is 0 Å². The van der Waals surface area contributed by atoms with E-state index in [-0.39, 0.29) is 43.1 Å². The van der Waals surface area contributed by atoms with E-state index in [4.69, 9.17) is 23.7 Å². The van der Waals surface area contributed by atoms with E-state index in [1.54, 1.807) is 0 Å². The van der Waals surface area contributed by atoms with Crippen molar-refractivity contribution < 1.29 is 28.5 Å². The maximum atomic E-state index is 12.5. The standard InChI is InChI=1S/C22H36O6/c1-14-3-7-16(8-4-14)22(23)28-19-12-25-20-18(11-24-21(19)20)27-13-26-17-9-5-15(2)6-10-17/h14-21H,3-13H2,1-2H3/t14?,15?,16?,17?,18-,19+,20+,21+/m0/s1. The zero-order valence-corrected chi connectivity index (χ0v) is 17.3. The van der Waals surface area contributed by atoms with Crippen LogP contribution < -0.4 is 0 Å². The molecule has 0 amide bonds. The van der Waals surface area contributed by atoms with Crippen LogP contribution in [-0.4, -0.2) is 56.5 Å². The van der Waals surface area contributed by atoms with E-state index < -0.39 is 0 Å². The van der Waals surface area contributed by atoms with Crippen LogP contribution in [0.3, 0.4) is 0 Å². The van der Waals surface area contributed by atoms with Gasteiger partial charge >= 0.3 is 5.97 Å². The summed E-state index contributed by atoms with van der Waals surface area (Å²) >= 11 is 0. The van der Waals surface area contributed by atoms with E-state index in [2.05, 4.69) is 13.8 Å². The Kier molecular flexibility index (Phi) is 6.92. The van der Waals surface area contributed by atoms with Gasteiger partial charge in [0.1, 0.15) is 25.1 Å². The third kappa shape index (κ3) is 4.89. The molecule has 0 aromatic carbocycles. The van der Waals surface area contributed by atoms with E-state index >= 15 is 0 Å². The molecule has 0 aromatic rings. The number of hydrogen-bond donors (Lipinski definition) is 0. The molecule has 4 aliphatic rings. The molecule has 160 valence electrons. The first kappa shape index (κ1) is 20.6. The van der Waals surface area contributed by atoms with Crippen LogP contribution in [0.1, 0.15) is 65.2 Å². The van der Waals surface area contributed by atoms with Crippen LogP contribution in [-0.2, 0) is 28.5 Å². The number of hydrogen-bond acceptors (Lipinski definition) is 6. The smallest absolute Gasteiger partial charge is 0.309 e. The molecule has 6 heteroatoms. The largest absolute Gasteiger partial charge is 0.457 e. The zero-order valence-electron chi connectivity index (χ0n) is 17.3. The highest BCUT2D eigenvalue weighted by Crippen LogP contribution is 2.34. The lowest BCUT2D eigenvalue weighted by Crippen LogP contribution is -2.37. The summed E-state index contributed by atoms with van der Waals surface area (Å²) in [6.45, 7) is 5.70. The first-order valence-electron chi connectivity index (χ1n) is 11.3. The van der Waals surface area contributed by atoms with Gasteiger partial charge in [0, 0.05) is 0 Å². The Hall–Kier alpha value is -0.690. The maximum Gasteiger partial charge on any atom is 0.309 e. The number of rotatable bonds is 6. The van der Waals surface area contributed by atoms with Gasteiger partial charge in [-0.15, -0.1) is 0 Å². The molecule has 0 radical (unpaired) electrons. The van der Waals surface area contributed by atoms with Gasteiger partial charge < -0.3 is 23.7 Å². The summed E-state index contributed by atoms with van der Waals surface area (Å²) in [4.78, 5) is 12.5. The van der Waals surface area contributed by atoms with Crippen molar-refractivity contribution in [3.63, 3.8) is 0 Å². The second-order valence-corrected chi connectivity index (χ2v) is 9.40. The number of fused-ring (bicyclic) bond motifs is 1. The third-order valence-electron chi connectivity index (χ3n) is 7.13. The van der Waals surface area contributed by atoms with Crippen molar-refractivity contribution in [2.45, 2.75) is 95.7 Å². The van der Waals surface area contributed by atoms with Crippen molar-refractivity contribution >= 4 is 5.97 Å². The van der Waals surface area contributed by atoms with Crippen LogP contribution in [0.15, 0.2) is 0 Å². The van der Waals surface area contributed by atoms with Crippen molar-refractivity contribution in [3.8, 4) is 0 Å². The highest BCUT2D eigenvalue weighted by molar-refractivity contribution is 5.72. The summed E-state index contributed by atoms with van der Waals surface area (Å²) in [5.41, 5.74) is 0. The fourth-order valence-electron chi connectivity index (χ4n) is 5.03. The molecular weight excluding hydrogens is 360 g/mol. The molecule has 2 saturated heterocycles. The van der Waals surface area contributed by atoms with Crippen LogP contribution in [0.2, 0.25) is 0 Å². The summed E-state index contributed by atoms with van der Waals surface area (Å²) in [7, 11) is 0. The molecule has 28 heavy (non-hydrogen) atoms. The number of ether oxygens (including phenoxy) is 5. The van der Waals surface area contributed by atoms with E-state index in [0.29, 0.717) is 19.3 Å². The summed E-state index contributed by atoms with van der Waals surface area (Å²) in [6, 6.07) is 0. The number of carbonyl (C=O) groups is 1. The van der Waals surface area contributed by atoms with Gasteiger partial charge in [-0.3, -0.25) is 4.79 Å². The Morgan fingerprint density at radius 3 is 2.04 bits per heavy atom. The Bertz CT molecular complexity index is 509. The zero-order chi connectivity index (χ0) is 19.5. The van der Waals surface area contributed by atoms with Crippen molar-refractivity contribution in [3.05, 3.63) is 0 Å². The molecule has 2 aliphatic heterocycles. The predicted molar refractivity (Wildman–Crippen MR) is 103 cm³/mol. The lowest BCUT2D eigenvalue weighted by Gasteiger charge is -2.27.